The molecule has 0 aliphatic rings. The topological polar surface area (TPSA) is 92.9 Å². The highest BCUT2D eigenvalue weighted by Crippen LogP contribution is 2.33. The zero-order chi connectivity index (χ0) is 19.5. The summed E-state index contributed by atoms with van der Waals surface area (Å²) in [4.78, 5) is 22.1. The molecule has 4 aromatic rings. The lowest BCUT2D eigenvalue weighted by molar-refractivity contribution is 0.103. The first-order valence-electron chi connectivity index (χ1n) is 8.50. The minimum absolute atomic E-state index is 0.178. The summed E-state index contributed by atoms with van der Waals surface area (Å²) in [7, 11) is 0. The number of thiazole rings is 1. The van der Waals surface area contributed by atoms with Crippen LogP contribution in [0.25, 0.3) is 20.7 Å². The largest absolute Gasteiger partial charge is 0.360 e. The van der Waals surface area contributed by atoms with Crippen molar-refractivity contribution in [1.29, 1.82) is 0 Å². The first-order chi connectivity index (χ1) is 13.6. The van der Waals surface area contributed by atoms with E-state index in [2.05, 4.69) is 20.6 Å². The van der Waals surface area contributed by atoms with Gasteiger partial charge < -0.3 is 16.4 Å². The zero-order valence-electron chi connectivity index (χ0n) is 14.6. The van der Waals surface area contributed by atoms with Gasteiger partial charge in [-0.1, -0.05) is 23.5 Å². The van der Waals surface area contributed by atoms with E-state index in [1.54, 1.807) is 18.2 Å². The Morgan fingerprint density at radius 3 is 2.57 bits per heavy atom. The molecule has 3 aromatic heterocycles. The molecule has 0 bridgehead atoms. The maximum absolute atomic E-state index is 12.9. The lowest BCUT2D eigenvalue weighted by Crippen LogP contribution is -2.12. The molecular weight excluding hydrogens is 397 g/mol. The number of benzene rings is 1. The van der Waals surface area contributed by atoms with Gasteiger partial charge in [-0.3, -0.25) is 4.79 Å². The number of nitrogens with one attached hydrogen (secondary N) is 2. The SMILES string of the molecule is NCCNc1nc2sc(C(=O)Nc3ccc(-c4ccc(F)nc4)cc3)cc2s1. The molecule has 4 rings (SSSR count). The van der Waals surface area contributed by atoms with Crippen LogP contribution in [-0.2, 0) is 0 Å². The molecule has 4 N–H and O–H groups in total. The van der Waals surface area contributed by atoms with E-state index in [0.29, 0.717) is 23.7 Å². The van der Waals surface area contributed by atoms with Gasteiger partial charge >= 0.3 is 0 Å². The number of carbonyl (C=O) groups excluding carboxylic acids is 1. The number of pyridine rings is 1. The number of fused-ring (bicyclic) bond motifs is 1. The number of hydrogen-bond acceptors (Lipinski definition) is 7. The normalized spacial score (nSPS) is 10.9. The molecule has 0 aliphatic carbocycles. The first kappa shape index (κ1) is 18.5. The second kappa shape index (κ2) is 8.01. The summed E-state index contributed by atoms with van der Waals surface area (Å²) >= 11 is 2.85. The van der Waals surface area contributed by atoms with Gasteiger partial charge in [0.2, 0.25) is 5.95 Å². The lowest BCUT2D eigenvalue weighted by atomic mass is 10.1. The highest BCUT2D eigenvalue weighted by Gasteiger charge is 2.14. The average molecular weight is 414 g/mol. The second-order valence-corrected chi connectivity index (χ2v) is 7.98. The van der Waals surface area contributed by atoms with Crippen molar-refractivity contribution in [3.8, 4) is 11.1 Å². The smallest absolute Gasteiger partial charge is 0.265 e. The van der Waals surface area contributed by atoms with Crippen molar-refractivity contribution in [2.45, 2.75) is 0 Å². The van der Waals surface area contributed by atoms with E-state index in [1.165, 1.54) is 34.9 Å². The van der Waals surface area contributed by atoms with E-state index in [4.69, 9.17) is 5.73 Å². The van der Waals surface area contributed by atoms with Gasteiger partial charge in [-0.05, 0) is 35.9 Å². The molecule has 6 nitrogen and oxygen atoms in total. The van der Waals surface area contributed by atoms with Gasteiger partial charge in [0.05, 0.1) is 9.58 Å². The summed E-state index contributed by atoms with van der Waals surface area (Å²) in [6.07, 6.45) is 1.48. The van der Waals surface area contributed by atoms with Gasteiger partial charge in [0.1, 0.15) is 4.83 Å². The second-order valence-electron chi connectivity index (χ2n) is 5.92. The Morgan fingerprint density at radius 2 is 1.89 bits per heavy atom. The van der Waals surface area contributed by atoms with Crippen LogP contribution in [-0.4, -0.2) is 29.0 Å². The number of anilines is 2. The van der Waals surface area contributed by atoms with E-state index < -0.39 is 5.95 Å². The van der Waals surface area contributed by atoms with E-state index in [-0.39, 0.29) is 5.91 Å². The molecule has 0 atom stereocenters. The Kier molecular flexibility index (Phi) is 5.29. The summed E-state index contributed by atoms with van der Waals surface area (Å²) in [5.41, 5.74) is 7.86. The van der Waals surface area contributed by atoms with Gasteiger partial charge in [0, 0.05) is 30.5 Å². The highest BCUT2D eigenvalue weighted by molar-refractivity contribution is 7.29. The van der Waals surface area contributed by atoms with Gasteiger partial charge in [-0.15, -0.1) is 11.3 Å². The summed E-state index contributed by atoms with van der Waals surface area (Å²) in [6, 6.07) is 12.2. The van der Waals surface area contributed by atoms with Crippen molar-refractivity contribution < 1.29 is 9.18 Å². The van der Waals surface area contributed by atoms with Crippen LogP contribution in [0.4, 0.5) is 15.2 Å². The van der Waals surface area contributed by atoms with Crippen molar-refractivity contribution in [2.24, 2.45) is 5.73 Å². The molecular formula is C19H16FN5OS2. The molecule has 0 saturated carbocycles. The van der Waals surface area contributed by atoms with Crippen molar-refractivity contribution >= 4 is 48.9 Å². The van der Waals surface area contributed by atoms with Gasteiger partial charge in [0.15, 0.2) is 5.13 Å². The van der Waals surface area contributed by atoms with Crippen LogP contribution in [0.1, 0.15) is 9.67 Å². The maximum atomic E-state index is 12.9. The molecule has 0 fully saturated rings. The number of nitrogens with zero attached hydrogens (tertiary/aromatic N) is 2. The Balaban J connectivity index is 1.45. The number of rotatable bonds is 6. The van der Waals surface area contributed by atoms with Gasteiger partial charge in [-0.25, -0.2) is 9.97 Å². The molecule has 9 heteroatoms. The van der Waals surface area contributed by atoms with Gasteiger partial charge in [0.25, 0.3) is 5.91 Å². The van der Waals surface area contributed by atoms with E-state index in [1.807, 2.05) is 18.2 Å². The molecule has 0 radical (unpaired) electrons. The van der Waals surface area contributed by atoms with E-state index >= 15 is 0 Å². The summed E-state index contributed by atoms with van der Waals surface area (Å²) < 4.78 is 13.9. The summed E-state index contributed by atoms with van der Waals surface area (Å²) in [5, 5.41) is 6.84. The van der Waals surface area contributed by atoms with Crippen LogP contribution in [0.3, 0.4) is 0 Å². The third-order valence-electron chi connectivity index (χ3n) is 3.94. The third-order valence-corrected chi connectivity index (χ3v) is 6.05. The number of carbonyl (C=O) groups is 1. The fourth-order valence-corrected chi connectivity index (χ4v) is 4.62. The third kappa shape index (κ3) is 4.01. The van der Waals surface area contributed by atoms with Crippen molar-refractivity contribution in [3.63, 3.8) is 0 Å². The minimum Gasteiger partial charge on any atom is -0.360 e. The van der Waals surface area contributed by atoms with E-state index in [9.17, 15) is 9.18 Å². The monoisotopic (exact) mass is 413 g/mol. The number of halogens is 1. The molecule has 1 aromatic carbocycles. The predicted molar refractivity (Wildman–Crippen MR) is 113 cm³/mol. The molecule has 1 amide bonds. The average Bonchev–Trinajstić information content (AvgIpc) is 3.26. The zero-order valence-corrected chi connectivity index (χ0v) is 16.2. The van der Waals surface area contributed by atoms with Crippen LogP contribution in [0.15, 0.2) is 48.7 Å². The lowest BCUT2D eigenvalue weighted by Gasteiger charge is -2.06. The molecule has 142 valence electrons. The number of nitrogens with two attached hydrogens (primary N) is 1. The quantitative estimate of drug-likeness (QED) is 0.412. The van der Waals surface area contributed by atoms with Gasteiger partial charge in [-0.2, -0.15) is 4.39 Å². The Morgan fingerprint density at radius 1 is 1.11 bits per heavy atom. The molecule has 0 aliphatic heterocycles. The Hall–Kier alpha value is -2.88. The molecule has 3 heterocycles. The van der Waals surface area contributed by atoms with Crippen LogP contribution < -0.4 is 16.4 Å². The molecule has 0 spiro atoms. The number of thiophene rings is 1. The summed E-state index contributed by atoms with van der Waals surface area (Å²) in [6.45, 7) is 1.20. The molecule has 0 unspecified atom stereocenters. The standard InChI is InChI=1S/C19H16FN5OS2/c20-16-6-3-12(10-23-16)11-1-4-13(5-2-11)24-17(26)14-9-15-18(27-14)25-19(28-15)22-8-7-21/h1-6,9-10H,7-8,21H2,(H,22,25)(H,24,26). The Bertz CT molecular complexity index is 1070. The predicted octanol–water partition coefficient (Wildman–Crippen LogP) is 4.18. The van der Waals surface area contributed by atoms with Crippen molar-refractivity contribution in [1.82, 2.24) is 9.97 Å². The minimum atomic E-state index is -0.514. The van der Waals surface area contributed by atoms with Crippen LogP contribution in [0.2, 0.25) is 0 Å². The molecule has 28 heavy (non-hydrogen) atoms. The van der Waals surface area contributed by atoms with Crippen LogP contribution in [0.5, 0.6) is 0 Å². The Labute approximate surface area is 168 Å². The van der Waals surface area contributed by atoms with Crippen molar-refractivity contribution in [2.75, 3.05) is 23.7 Å². The number of hydrogen-bond donors (Lipinski definition) is 3. The fourth-order valence-electron chi connectivity index (χ4n) is 2.59. The number of aromatic nitrogens is 2. The highest BCUT2D eigenvalue weighted by atomic mass is 32.1. The molecule has 0 saturated heterocycles. The first-order valence-corrected chi connectivity index (χ1v) is 10.1. The fraction of sp³-hybridized carbons (Fsp3) is 0.105. The van der Waals surface area contributed by atoms with Crippen molar-refractivity contribution in [3.05, 3.63) is 59.5 Å². The van der Waals surface area contributed by atoms with E-state index in [0.717, 1.165) is 25.8 Å². The maximum Gasteiger partial charge on any atom is 0.265 e. The van der Waals surface area contributed by atoms with Crippen LogP contribution >= 0.6 is 22.7 Å². The summed E-state index contributed by atoms with van der Waals surface area (Å²) in [5.74, 6) is -0.692. The van der Waals surface area contributed by atoms with Crippen LogP contribution in [0, 0.1) is 5.95 Å². The number of amides is 1.